The Morgan fingerprint density at radius 2 is 2.08 bits per heavy atom. The van der Waals surface area contributed by atoms with Crippen LogP contribution >= 0.6 is 0 Å². The van der Waals surface area contributed by atoms with Gasteiger partial charge in [-0.1, -0.05) is 6.07 Å². The number of ether oxygens (including phenoxy) is 1. The molecule has 1 unspecified atom stereocenters. The predicted octanol–water partition coefficient (Wildman–Crippen LogP) is 2.25. The van der Waals surface area contributed by atoms with Gasteiger partial charge in [0.25, 0.3) is 0 Å². The molecule has 6 nitrogen and oxygen atoms in total. The largest absolute Gasteiger partial charge is 0.375 e. The minimum Gasteiger partial charge on any atom is -0.375 e. The third kappa shape index (κ3) is 4.25. The van der Waals surface area contributed by atoms with Gasteiger partial charge in [0, 0.05) is 44.0 Å². The molecule has 2 aliphatic rings. The molecule has 1 atom stereocenters. The number of rotatable bonds is 6. The van der Waals surface area contributed by atoms with Crippen molar-refractivity contribution < 1.29 is 9.53 Å². The molecular formula is C19H24N4O2. The van der Waals surface area contributed by atoms with E-state index in [-0.39, 0.29) is 11.8 Å². The minimum atomic E-state index is 0.258. The van der Waals surface area contributed by atoms with Gasteiger partial charge in [0.05, 0.1) is 25.5 Å². The number of carbonyl (C=O) groups excluding carboxylic acids is 1. The molecule has 1 fully saturated rings. The van der Waals surface area contributed by atoms with E-state index in [1.165, 1.54) is 12.8 Å². The molecule has 1 aliphatic carbocycles. The van der Waals surface area contributed by atoms with Crippen LogP contribution in [-0.2, 0) is 29.2 Å². The minimum absolute atomic E-state index is 0.258. The second-order valence-corrected chi connectivity index (χ2v) is 7.12. The number of hydrogen-bond donors (Lipinski definition) is 0. The van der Waals surface area contributed by atoms with Crippen molar-refractivity contribution >= 4 is 5.91 Å². The van der Waals surface area contributed by atoms with Gasteiger partial charge in [-0.25, -0.2) is 4.98 Å². The van der Waals surface area contributed by atoms with E-state index in [1.54, 1.807) is 6.20 Å². The van der Waals surface area contributed by atoms with Gasteiger partial charge in [-0.3, -0.25) is 9.78 Å². The van der Waals surface area contributed by atoms with Crippen molar-refractivity contribution in [2.45, 2.75) is 39.0 Å². The van der Waals surface area contributed by atoms with E-state index in [0.29, 0.717) is 32.1 Å². The number of imidazole rings is 1. The summed E-state index contributed by atoms with van der Waals surface area (Å²) in [7, 11) is 0. The molecule has 1 saturated carbocycles. The zero-order valence-corrected chi connectivity index (χ0v) is 14.4. The molecule has 0 radical (unpaired) electrons. The summed E-state index contributed by atoms with van der Waals surface area (Å²) in [6.45, 7) is 3.29. The number of pyridine rings is 1. The van der Waals surface area contributed by atoms with E-state index < -0.39 is 0 Å². The molecule has 0 bridgehead atoms. The maximum Gasteiger partial charge on any atom is 0.223 e. The van der Waals surface area contributed by atoms with Crippen molar-refractivity contribution in [3.63, 3.8) is 0 Å². The van der Waals surface area contributed by atoms with Crippen LogP contribution in [0.25, 0.3) is 0 Å². The highest BCUT2D eigenvalue weighted by atomic mass is 16.5. The topological polar surface area (TPSA) is 60.2 Å². The van der Waals surface area contributed by atoms with Gasteiger partial charge in [-0.2, -0.15) is 0 Å². The van der Waals surface area contributed by atoms with Crippen LogP contribution in [0.2, 0.25) is 0 Å². The summed E-state index contributed by atoms with van der Waals surface area (Å²) in [4.78, 5) is 23.3. The Labute approximate surface area is 147 Å². The highest BCUT2D eigenvalue weighted by Gasteiger charge is 2.30. The first kappa shape index (κ1) is 16.3. The molecule has 2 aromatic heterocycles. The number of hydrogen-bond acceptors (Lipinski definition) is 4. The summed E-state index contributed by atoms with van der Waals surface area (Å²) in [6.07, 6.45) is 8.67. The Bertz CT molecular complexity index is 711. The van der Waals surface area contributed by atoms with Crippen LogP contribution < -0.4 is 0 Å². The molecular weight excluding hydrogens is 316 g/mol. The van der Waals surface area contributed by atoms with Crippen molar-refractivity contribution in [2.75, 3.05) is 13.2 Å². The fourth-order valence-corrected chi connectivity index (χ4v) is 3.35. The van der Waals surface area contributed by atoms with Crippen LogP contribution in [0.5, 0.6) is 0 Å². The maximum atomic E-state index is 12.6. The van der Waals surface area contributed by atoms with Crippen LogP contribution in [0.1, 0.15) is 30.8 Å². The molecule has 25 heavy (non-hydrogen) atoms. The van der Waals surface area contributed by atoms with Crippen LogP contribution in [0.15, 0.2) is 36.8 Å². The molecule has 4 rings (SSSR count). The lowest BCUT2D eigenvalue weighted by atomic mass is 10.1. The monoisotopic (exact) mass is 340 g/mol. The number of carbonyl (C=O) groups is 1. The maximum absolute atomic E-state index is 12.6. The smallest absolute Gasteiger partial charge is 0.223 e. The van der Waals surface area contributed by atoms with Gasteiger partial charge < -0.3 is 14.2 Å². The molecule has 0 saturated heterocycles. The number of aromatic nitrogens is 3. The molecule has 0 aromatic carbocycles. The summed E-state index contributed by atoms with van der Waals surface area (Å²) in [6, 6.07) is 5.83. The molecule has 132 valence electrons. The Kier molecular flexibility index (Phi) is 4.78. The number of amides is 1. The Morgan fingerprint density at radius 3 is 2.88 bits per heavy atom. The van der Waals surface area contributed by atoms with Crippen molar-refractivity contribution in [2.24, 2.45) is 11.8 Å². The SMILES string of the molecule is O=C(CC1CC1)N1Cc2nccn2CC(COCc2ccccn2)C1. The lowest BCUT2D eigenvalue weighted by Crippen LogP contribution is -2.35. The summed E-state index contributed by atoms with van der Waals surface area (Å²) >= 11 is 0. The fraction of sp³-hybridized carbons (Fsp3) is 0.526. The van der Waals surface area contributed by atoms with Gasteiger partial charge >= 0.3 is 0 Å². The average Bonchev–Trinajstić information content (AvgIpc) is 3.37. The highest BCUT2D eigenvalue weighted by Crippen LogP contribution is 2.33. The Balaban J connectivity index is 1.38. The first-order valence-electron chi connectivity index (χ1n) is 9.03. The van der Waals surface area contributed by atoms with E-state index in [2.05, 4.69) is 14.5 Å². The van der Waals surface area contributed by atoms with Crippen LogP contribution in [0.3, 0.4) is 0 Å². The lowest BCUT2D eigenvalue weighted by molar-refractivity contribution is -0.133. The van der Waals surface area contributed by atoms with Gasteiger partial charge in [-0.15, -0.1) is 0 Å². The first-order valence-corrected chi connectivity index (χ1v) is 9.03. The van der Waals surface area contributed by atoms with Crippen molar-refractivity contribution in [1.29, 1.82) is 0 Å². The zero-order valence-electron chi connectivity index (χ0n) is 14.4. The van der Waals surface area contributed by atoms with E-state index in [9.17, 15) is 4.79 Å². The molecule has 2 aromatic rings. The Morgan fingerprint density at radius 1 is 1.16 bits per heavy atom. The average molecular weight is 340 g/mol. The van der Waals surface area contributed by atoms with E-state index in [1.807, 2.05) is 35.5 Å². The number of nitrogens with zero attached hydrogens (tertiary/aromatic N) is 4. The molecule has 3 heterocycles. The summed E-state index contributed by atoms with van der Waals surface area (Å²) in [5, 5.41) is 0. The van der Waals surface area contributed by atoms with Gasteiger partial charge in [0.1, 0.15) is 5.82 Å². The molecule has 1 amide bonds. The molecule has 0 N–H and O–H groups in total. The lowest BCUT2D eigenvalue weighted by Gasteiger charge is -2.24. The Hall–Kier alpha value is -2.21. The van der Waals surface area contributed by atoms with Crippen molar-refractivity contribution in [1.82, 2.24) is 19.4 Å². The third-order valence-corrected chi connectivity index (χ3v) is 4.91. The van der Waals surface area contributed by atoms with Crippen LogP contribution in [0.4, 0.5) is 0 Å². The predicted molar refractivity (Wildman–Crippen MR) is 92.4 cm³/mol. The first-order chi connectivity index (χ1) is 12.3. The van der Waals surface area contributed by atoms with Gasteiger partial charge in [-0.05, 0) is 30.9 Å². The summed E-state index contributed by atoms with van der Waals surface area (Å²) in [5.41, 5.74) is 0.932. The van der Waals surface area contributed by atoms with Crippen molar-refractivity contribution in [3.8, 4) is 0 Å². The second-order valence-electron chi connectivity index (χ2n) is 7.12. The third-order valence-electron chi connectivity index (χ3n) is 4.91. The quantitative estimate of drug-likeness (QED) is 0.809. The van der Waals surface area contributed by atoms with E-state index in [0.717, 1.165) is 24.6 Å². The van der Waals surface area contributed by atoms with Crippen LogP contribution in [0, 0.1) is 11.8 Å². The zero-order chi connectivity index (χ0) is 17.1. The molecule has 1 aliphatic heterocycles. The summed E-state index contributed by atoms with van der Waals surface area (Å²) < 4.78 is 8.05. The fourth-order valence-electron chi connectivity index (χ4n) is 3.35. The van der Waals surface area contributed by atoms with E-state index >= 15 is 0 Å². The standard InChI is InChI=1S/C19H24N4O2/c24-19(9-15-4-5-15)23-11-16(10-22-8-7-21-18(22)12-23)13-25-14-17-3-1-2-6-20-17/h1-3,6-8,15-16H,4-5,9-14H2. The molecule has 6 heteroatoms. The van der Waals surface area contributed by atoms with E-state index in [4.69, 9.17) is 4.74 Å². The molecule has 0 spiro atoms. The second kappa shape index (κ2) is 7.35. The summed E-state index contributed by atoms with van der Waals surface area (Å²) in [5.74, 6) is 2.10. The van der Waals surface area contributed by atoms with Gasteiger partial charge in [0.15, 0.2) is 0 Å². The highest BCUT2D eigenvalue weighted by molar-refractivity contribution is 5.76. The van der Waals surface area contributed by atoms with Crippen LogP contribution in [-0.4, -0.2) is 38.5 Å². The number of fused-ring (bicyclic) bond motifs is 1. The van der Waals surface area contributed by atoms with Crippen molar-refractivity contribution in [3.05, 3.63) is 48.3 Å². The van der Waals surface area contributed by atoms with Gasteiger partial charge in [0.2, 0.25) is 5.91 Å². The normalized spacial score (nSPS) is 20.2.